The Kier molecular flexibility index (Phi) is 6.25. The average Bonchev–Trinajstić information content (AvgIpc) is 3.73. The van der Waals surface area contributed by atoms with Crippen molar-refractivity contribution in [3.05, 3.63) is 83.4 Å². The highest BCUT2D eigenvalue weighted by Gasteiger charge is 2.29. The first-order valence-corrected chi connectivity index (χ1v) is 11.8. The van der Waals surface area contributed by atoms with E-state index in [1.165, 1.54) is 0 Å². The number of aryl methyl sites for hydroxylation is 3. The summed E-state index contributed by atoms with van der Waals surface area (Å²) < 4.78 is 0. The standard InChI is InChI=1S/C28H26N6O2/c1-16-4-7-22(31-28(36)25-12-17(2)18(3)33-34-25)15-23(16)20-8-10-29-24(13-20)21-9-11-30-26(14-21)32-27(35)19-5-6-19/h4,7-15,19H,5-6H2,1-3H3,(H,31,36)(H,30,32,35). The molecule has 3 aromatic heterocycles. The zero-order chi connectivity index (χ0) is 25.2. The Bertz CT molecular complexity index is 1480. The van der Waals surface area contributed by atoms with Crippen LogP contribution in [0, 0.1) is 26.7 Å². The molecule has 0 unspecified atom stereocenters. The summed E-state index contributed by atoms with van der Waals surface area (Å²) in [6.07, 6.45) is 5.30. The highest BCUT2D eigenvalue weighted by Crippen LogP contribution is 2.32. The molecule has 3 heterocycles. The Hall–Kier alpha value is -4.46. The van der Waals surface area contributed by atoms with E-state index >= 15 is 0 Å². The number of carbonyl (C=O) groups is 2. The fourth-order valence-corrected chi connectivity index (χ4v) is 3.85. The Balaban J connectivity index is 1.39. The Morgan fingerprint density at radius 1 is 0.806 bits per heavy atom. The Morgan fingerprint density at radius 2 is 1.58 bits per heavy atom. The lowest BCUT2D eigenvalue weighted by molar-refractivity contribution is -0.117. The SMILES string of the molecule is Cc1ccc(NC(=O)c2cc(C)c(C)nn2)cc1-c1ccnc(-c2ccnc(NC(=O)C3CC3)c2)c1. The maximum absolute atomic E-state index is 12.7. The molecule has 1 aliphatic rings. The maximum Gasteiger partial charge on any atom is 0.276 e. The molecule has 1 aliphatic carbocycles. The van der Waals surface area contributed by atoms with Gasteiger partial charge in [0.25, 0.3) is 5.91 Å². The molecule has 0 atom stereocenters. The number of rotatable bonds is 6. The first-order chi connectivity index (χ1) is 17.4. The van der Waals surface area contributed by atoms with Gasteiger partial charge in [-0.2, -0.15) is 5.10 Å². The van der Waals surface area contributed by atoms with Crippen LogP contribution in [0.25, 0.3) is 22.4 Å². The highest BCUT2D eigenvalue weighted by atomic mass is 16.2. The summed E-state index contributed by atoms with van der Waals surface area (Å²) in [6, 6.07) is 15.1. The van der Waals surface area contributed by atoms with Gasteiger partial charge in [0.15, 0.2) is 5.69 Å². The van der Waals surface area contributed by atoms with Crippen LogP contribution in [0.5, 0.6) is 0 Å². The van der Waals surface area contributed by atoms with E-state index in [1.54, 1.807) is 18.5 Å². The summed E-state index contributed by atoms with van der Waals surface area (Å²) in [5.74, 6) is 0.331. The summed E-state index contributed by atoms with van der Waals surface area (Å²) in [4.78, 5) is 33.7. The quantitative estimate of drug-likeness (QED) is 0.398. The fourth-order valence-electron chi connectivity index (χ4n) is 3.85. The second-order valence-electron chi connectivity index (χ2n) is 9.10. The van der Waals surface area contributed by atoms with Crippen LogP contribution in [-0.4, -0.2) is 32.0 Å². The molecule has 4 aromatic rings. The molecule has 36 heavy (non-hydrogen) atoms. The van der Waals surface area contributed by atoms with E-state index < -0.39 is 0 Å². The number of aromatic nitrogens is 4. The fraction of sp³-hybridized carbons (Fsp3) is 0.214. The summed E-state index contributed by atoms with van der Waals surface area (Å²) >= 11 is 0. The summed E-state index contributed by atoms with van der Waals surface area (Å²) in [5, 5.41) is 13.9. The van der Waals surface area contributed by atoms with Crippen molar-refractivity contribution in [2.75, 3.05) is 10.6 Å². The molecule has 2 N–H and O–H groups in total. The molecule has 1 aromatic carbocycles. The van der Waals surface area contributed by atoms with Crippen molar-refractivity contribution < 1.29 is 9.59 Å². The van der Waals surface area contributed by atoms with E-state index in [0.29, 0.717) is 11.5 Å². The normalized spacial score (nSPS) is 12.8. The lowest BCUT2D eigenvalue weighted by Gasteiger charge is -2.12. The first-order valence-electron chi connectivity index (χ1n) is 11.8. The zero-order valence-electron chi connectivity index (χ0n) is 20.4. The minimum atomic E-state index is -0.312. The van der Waals surface area contributed by atoms with Gasteiger partial charge in [-0.3, -0.25) is 14.6 Å². The summed E-state index contributed by atoms with van der Waals surface area (Å²) in [5.41, 5.74) is 7.24. The average molecular weight is 479 g/mol. The third-order valence-corrected chi connectivity index (χ3v) is 6.29. The lowest BCUT2D eigenvalue weighted by atomic mass is 9.99. The molecule has 2 amide bonds. The molecular weight excluding hydrogens is 452 g/mol. The van der Waals surface area contributed by atoms with Gasteiger partial charge in [-0.1, -0.05) is 6.07 Å². The number of anilines is 2. The molecule has 0 spiro atoms. The molecule has 180 valence electrons. The predicted octanol–water partition coefficient (Wildman–Crippen LogP) is 5.13. The molecule has 1 saturated carbocycles. The first kappa shape index (κ1) is 23.3. The maximum atomic E-state index is 12.7. The summed E-state index contributed by atoms with van der Waals surface area (Å²) in [6.45, 7) is 5.78. The van der Waals surface area contributed by atoms with Crippen molar-refractivity contribution in [2.45, 2.75) is 33.6 Å². The number of hydrogen-bond acceptors (Lipinski definition) is 6. The van der Waals surface area contributed by atoms with E-state index in [9.17, 15) is 9.59 Å². The van der Waals surface area contributed by atoms with Gasteiger partial charge in [-0.25, -0.2) is 4.98 Å². The van der Waals surface area contributed by atoms with Gasteiger partial charge in [0.1, 0.15) is 5.82 Å². The van der Waals surface area contributed by atoms with Crippen LogP contribution in [0.3, 0.4) is 0 Å². The van der Waals surface area contributed by atoms with Crippen LogP contribution in [0.2, 0.25) is 0 Å². The van der Waals surface area contributed by atoms with Gasteiger partial charge in [0, 0.05) is 29.6 Å². The van der Waals surface area contributed by atoms with Gasteiger partial charge in [-0.15, -0.1) is 5.10 Å². The number of carbonyl (C=O) groups excluding carboxylic acids is 2. The van der Waals surface area contributed by atoms with Crippen molar-refractivity contribution in [3.63, 3.8) is 0 Å². The van der Waals surface area contributed by atoms with Crippen LogP contribution in [0.4, 0.5) is 11.5 Å². The minimum Gasteiger partial charge on any atom is -0.321 e. The third kappa shape index (κ3) is 5.12. The second kappa shape index (κ2) is 9.65. The van der Waals surface area contributed by atoms with Crippen molar-refractivity contribution in [1.29, 1.82) is 0 Å². The number of hydrogen-bond donors (Lipinski definition) is 2. The number of benzene rings is 1. The molecule has 5 rings (SSSR count). The van der Waals surface area contributed by atoms with Crippen LogP contribution < -0.4 is 10.6 Å². The van der Waals surface area contributed by atoms with Gasteiger partial charge >= 0.3 is 0 Å². The van der Waals surface area contributed by atoms with Crippen molar-refractivity contribution >= 4 is 23.3 Å². The molecule has 0 aliphatic heterocycles. The van der Waals surface area contributed by atoms with Gasteiger partial charge in [0.05, 0.1) is 11.4 Å². The van der Waals surface area contributed by atoms with Gasteiger partial charge in [-0.05, 0) is 98.3 Å². The topological polar surface area (TPSA) is 110 Å². The van der Waals surface area contributed by atoms with E-state index in [4.69, 9.17) is 0 Å². The largest absolute Gasteiger partial charge is 0.321 e. The molecule has 8 heteroatoms. The second-order valence-corrected chi connectivity index (χ2v) is 9.10. The molecular formula is C28H26N6O2. The van der Waals surface area contributed by atoms with Crippen molar-refractivity contribution in [3.8, 4) is 22.4 Å². The molecule has 0 bridgehead atoms. The number of pyridine rings is 2. The van der Waals surface area contributed by atoms with E-state index in [2.05, 4.69) is 30.8 Å². The molecule has 1 fully saturated rings. The number of amides is 2. The molecule has 8 nitrogen and oxygen atoms in total. The highest BCUT2D eigenvalue weighted by molar-refractivity contribution is 6.03. The number of nitrogens with zero attached hydrogens (tertiary/aromatic N) is 4. The predicted molar refractivity (Wildman–Crippen MR) is 138 cm³/mol. The molecule has 0 saturated heterocycles. The summed E-state index contributed by atoms with van der Waals surface area (Å²) in [7, 11) is 0. The zero-order valence-corrected chi connectivity index (χ0v) is 20.4. The Morgan fingerprint density at radius 3 is 2.36 bits per heavy atom. The smallest absolute Gasteiger partial charge is 0.276 e. The van der Waals surface area contributed by atoms with Crippen LogP contribution in [-0.2, 0) is 4.79 Å². The van der Waals surface area contributed by atoms with Crippen molar-refractivity contribution in [1.82, 2.24) is 20.2 Å². The van der Waals surface area contributed by atoms with Crippen LogP contribution >= 0.6 is 0 Å². The lowest BCUT2D eigenvalue weighted by Crippen LogP contribution is -2.15. The van der Waals surface area contributed by atoms with Crippen molar-refractivity contribution in [2.24, 2.45) is 5.92 Å². The minimum absolute atomic E-state index is 0.0163. The van der Waals surface area contributed by atoms with E-state index in [-0.39, 0.29) is 23.4 Å². The monoisotopic (exact) mass is 478 g/mol. The van der Waals surface area contributed by atoms with Gasteiger partial charge < -0.3 is 10.6 Å². The van der Waals surface area contributed by atoms with Gasteiger partial charge in [0.2, 0.25) is 5.91 Å². The number of nitrogens with one attached hydrogen (secondary N) is 2. The molecule has 0 radical (unpaired) electrons. The Labute approximate surface area is 209 Å². The van der Waals surface area contributed by atoms with Crippen LogP contribution in [0.1, 0.15) is 40.2 Å². The van der Waals surface area contributed by atoms with Crippen LogP contribution in [0.15, 0.2) is 60.9 Å². The van der Waals surface area contributed by atoms with E-state index in [0.717, 1.165) is 52.0 Å². The van der Waals surface area contributed by atoms with E-state index in [1.807, 2.05) is 63.2 Å². The third-order valence-electron chi connectivity index (χ3n) is 6.29.